The fourth-order valence-corrected chi connectivity index (χ4v) is 4.23. The van der Waals surface area contributed by atoms with Crippen LogP contribution in [0.1, 0.15) is 37.7 Å². The summed E-state index contributed by atoms with van der Waals surface area (Å²) < 4.78 is 11.1. The van der Waals surface area contributed by atoms with Crippen molar-refractivity contribution in [1.29, 1.82) is 0 Å². The molecule has 19 heavy (non-hydrogen) atoms. The van der Waals surface area contributed by atoms with Crippen LogP contribution in [-0.4, -0.2) is 19.6 Å². The molecule has 3 nitrogen and oxygen atoms in total. The van der Waals surface area contributed by atoms with Gasteiger partial charge in [0, 0.05) is 12.0 Å². The molecule has 4 heteroatoms. The normalized spacial score (nSPS) is 20.5. The molecule has 0 atom stereocenters. The van der Waals surface area contributed by atoms with Crippen molar-refractivity contribution in [3.8, 4) is 11.5 Å². The van der Waals surface area contributed by atoms with E-state index in [1.54, 1.807) is 11.8 Å². The van der Waals surface area contributed by atoms with Crippen LogP contribution in [0.3, 0.4) is 0 Å². The number of hydrogen-bond donors (Lipinski definition) is 1. The maximum absolute atomic E-state index is 6.16. The van der Waals surface area contributed by atoms with Crippen molar-refractivity contribution >= 4 is 11.8 Å². The lowest BCUT2D eigenvalue weighted by atomic mass is 9.69. The average Bonchev–Trinajstić information content (AvgIpc) is 2.95. The third-order valence-electron chi connectivity index (χ3n) is 4.47. The fourth-order valence-electron chi connectivity index (χ4n) is 3.38. The molecule has 0 spiro atoms. The van der Waals surface area contributed by atoms with Crippen LogP contribution in [-0.2, 0) is 5.41 Å². The summed E-state index contributed by atoms with van der Waals surface area (Å²) >= 11 is 1.75. The zero-order chi connectivity index (χ0) is 13.3. The maximum atomic E-state index is 6.16. The summed E-state index contributed by atoms with van der Waals surface area (Å²) in [5.41, 5.74) is 7.66. The number of benzene rings is 1. The van der Waals surface area contributed by atoms with Gasteiger partial charge in [0.15, 0.2) is 11.5 Å². The van der Waals surface area contributed by atoms with Gasteiger partial charge in [-0.1, -0.05) is 25.3 Å². The Labute approximate surface area is 118 Å². The minimum absolute atomic E-state index is 0.136. The van der Waals surface area contributed by atoms with Crippen LogP contribution in [0.15, 0.2) is 17.0 Å². The second-order valence-electron chi connectivity index (χ2n) is 5.43. The largest absolute Gasteiger partial charge is 0.454 e. The van der Waals surface area contributed by atoms with Gasteiger partial charge in [0.2, 0.25) is 6.79 Å². The van der Waals surface area contributed by atoms with E-state index in [0.717, 1.165) is 18.0 Å². The Bertz CT molecular complexity index is 469. The van der Waals surface area contributed by atoms with Gasteiger partial charge in [-0.05, 0) is 30.7 Å². The molecule has 1 heterocycles. The molecule has 104 valence electrons. The number of nitrogens with two attached hydrogens (primary N) is 1. The average molecular weight is 279 g/mol. The zero-order valence-electron chi connectivity index (χ0n) is 11.4. The molecule has 0 amide bonds. The second kappa shape index (κ2) is 5.25. The standard InChI is InChI=1S/C15H21NO2S/c1-19-14-11(5-6-12-13(14)18-10-17-12)15(9-16)7-3-2-4-8-15/h5-6H,2-4,7-10,16H2,1H3. The summed E-state index contributed by atoms with van der Waals surface area (Å²) in [6.07, 6.45) is 8.38. The van der Waals surface area contributed by atoms with Crippen molar-refractivity contribution in [1.82, 2.24) is 0 Å². The van der Waals surface area contributed by atoms with Crippen molar-refractivity contribution in [3.05, 3.63) is 17.7 Å². The Balaban J connectivity index is 2.08. The highest BCUT2D eigenvalue weighted by atomic mass is 32.2. The number of ether oxygens (including phenoxy) is 2. The zero-order valence-corrected chi connectivity index (χ0v) is 12.2. The molecule has 1 aromatic carbocycles. The maximum Gasteiger partial charge on any atom is 0.231 e. The van der Waals surface area contributed by atoms with E-state index in [4.69, 9.17) is 15.2 Å². The van der Waals surface area contributed by atoms with Gasteiger partial charge in [0.1, 0.15) is 0 Å². The molecular formula is C15H21NO2S. The van der Waals surface area contributed by atoms with Gasteiger partial charge >= 0.3 is 0 Å². The van der Waals surface area contributed by atoms with E-state index in [9.17, 15) is 0 Å². The minimum atomic E-state index is 0.136. The minimum Gasteiger partial charge on any atom is -0.454 e. The molecule has 1 aliphatic carbocycles. The molecule has 0 radical (unpaired) electrons. The topological polar surface area (TPSA) is 44.5 Å². The lowest BCUT2D eigenvalue weighted by Gasteiger charge is -2.38. The Hall–Kier alpha value is -0.870. The first-order chi connectivity index (χ1) is 9.30. The van der Waals surface area contributed by atoms with E-state index in [2.05, 4.69) is 12.3 Å². The molecule has 1 fully saturated rings. The van der Waals surface area contributed by atoms with E-state index in [1.807, 2.05) is 6.07 Å². The summed E-state index contributed by atoms with van der Waals surface area (Å²) in [5.74, 6) is 1.79. The van der Waals surface area contributed by atoms with Crippen LogP contribution in [0.2, 0.25) is 0 Å². The van der Waals surface area contributed by atoms with Crippen molar-refractivity contribution in [2.75, 3.05) is 19.6 Å². The third kappa shape index (κ3) is 2.11. The SMILES string of the molecule is CSc1c(C2(CN)CCCCC2)ccc2c1OCO2. The van der Waals surface area contributed by atoms with Crippen molar-refractivity contribution in [2.24, 2.45) is 5.73 Å². The van der Waals surface area contributed by atoms with Gasteiger partial charge in [-0.25, -0.2) is 0 Å². The van der Waals surface area contributed by atoms with Crippen LogP contribution >= 0.6 is 11.8 Å². The van der Waals surface area contributed by atoms with Gasteiger partial charge in [-0.15, -0.1) is 11.8 Å². The van der Waals surface area contributed by atoms with E-state index in [0.29, 0.717) is 6.79 Å². The molecule has 0 unspecified atom stereocenters. The third-order valence-corrected chi connectivity index (χ3v) is 5.28. The molecule has 1 saturated carbocycles. The monoisotopic (exact) mass is 279 g/mol. The van der Waals surface area contributed by atoms with E-state index in [-0.39, 0.29) is 5.41 Å². The molecular weight excluding hydrogens is 258 g/mol. The van der Waals surface area contributed by atoms with Crippen LogP contribution in [0.25, 0.3) is 0 Å². The highest BCUT2D eigenvalue weighted by molar-refractivity contribution is 7.98. The number of fused-ring (bicyclic) bond motifs is 1. The highest BCUT2D eigenvalue weighted by Gasteiger charge is 2.36. The first-order valence-corrected chi connectivity index (χ1v) is 8.20. The Kier molecular flexibility index (Phi) is 3.63. The van der Waals surface area contributed by atoms with E-state index < -0.39 is 0 Å². The molecule has 2 aliphatic rings. The molecule has 0 aromatic heterocycles. The van der Waals surface area contributed by atoms with Gasteiger partial charge < -0.3 is 15.2 Å². The molecule has 2 N–H and O–H groups in total. The predicted molar refractivity (Wildman–Crippen MR) is 78.2 cm³/mol. The van der Waals surface area contributed by atoms with Crippen LogP contribution in [0.5, 0.6) is 11.5 Å². The molecule has 0 bridgehead atoms. The Morgan fingerprint density at radius 1 is 1.21 bits per heavy atom. The van der Waals surface area contributed by atoms with Gasteiger partial charge in [-0.3, -0.25) is 0 Å². The van der Waals surface area contributed by atoms with E-state index in [1.165, 1.54) is 42.6 Å². The number of thioether (sulfide) groups is 1. The lowest BCUT2D eigenvalue weighted by Crippen LogP contribution is -2.37. The van der Waals surface area contributed by atoms with Crippen molar-refractivity contribution in [2.45, 2.75) is 42.4 Å². The highest BCUT2D eigenvalue weighted by Crippen LogP contribution is 2.49. The summed E-state index contributed by atoms with van der Waals surface area (Å²) in [7, 11) is 0. The fraction of sp³-hybridized carbons (Fsp3) is 0.600. The Morgan fingerprint density at radius 2 is 2.00 bits per heavy atom. The molecule has 3 rings (SSSR count). The smallest absolute Gasteiger partial charge is 0.231 e. The number of hydrogen-bond acceptors (Lipinski definition) is 4. The molecule has 1 aromatic rings. The lowest BCUT2D eigenvalue weighted by molar-refractivity contribution is 0.172. The van der Waals surface area contributed by atoms with Crippen LogP contribution in [0, 0.1) is 0 Å². The van der Waals surface area contributed by atoms with Crippen LogP contribution in [0.4, 0.5) is 0 Å². The first-order valence-electron chi connectivity index (χ1n) is 6.98. The predicted octanol–water partition coefficient (Wildman–Crippen LogP) is 3.30. The van der Waals surface area contributed by atoms with Gasteiger partial charge in [-0.2, -0.15) is 0 Å². The van der Waals surface area contributed by atoms with Crippen molar-refractivity contribution in [3.63, 3.8) is 0 Å². The van der Waals surface area contributed by atoms with Crippen LogP contribution < -0.4 is 15.2 Å². The molecule has 1 aliphatic heterocycles. The van der Waals surface area contributed by atoms with Gasteiger partial charge in [0.05, 0.1) is 4.90 Å². The summed E-state index contributed by atoms with van der Waals surface area (Å²) in [4.78, 5) is 1.22. The van der Waals surface area contributed by atoms with E-state index >= 15 is 0 Å². The number of rotatable bonds is 3. The van der Waals surface area contributed by atoms with Crippen molar-refractivity contribution < 1.29 is 9.47 Å². The summed E-state index contributed by atoms with van der Waals surface area (Å²) in [5, 5.41) is 0. The first kappa shape index (κ1) is 13.1. The summed E-state index contributed by atoms with van der Waals surface area (Å²) in [6, 6.07) is 4.25. The van der Waals surface area contributed by atoms with Gasteiger partial charge in [0.25, 0.3) is 0 Å². The summed E-state index contributed by atoms with van der Waals surface area (Å²) in [6.45, 7) is 1.06. The molecule has 0 saturated heterocycles. The quantitative estimate of drug-likeness (QED) is 0.862. The second-order valence-corrected chi connectivity index (χ2v) is 6.24. The Morgan fingerprint density at radius 3 is 2.68 bits per heavy atom.